The highest BCUT2D eigenvalue weighted by molar-refractivity contribution is 7.18. The van der Waals surface area contributed by atoms with Crippen molar-refractivity contribution in [1.29, 1.82) is 0 Å². The van der Waals surface area contributed by atoms with Crippen LogP contribution in [0.5, 0.6) is 0 Å². The number of halogens is 1. The van der Waals surface area contributed by atoms with Crippen LogP contribution in [0.2, 0.25) is 0 Å². The lowest BCUT2D eigenvalue weighted by Crippen LogP contribution is -2.05. The second kappa shape index (κ2) is 5.54. The van der Waals surface area contributed by atoms with E-state index in [2.05, 4.69) is 10.3 Å². The van der Waals surface area contributed by atoms with E-state index in [0.717, 1.165) is 11.3 Å². The number of nitrogens with zero attached hydrogens (tertiary/aromatic N) is 2. The molecule has 18 heavy (non-hydrogen) atoms. The molecule has 0 radical (unpaired) electrons. The van der Waals surface area contributed by atoms with Gasteiger partial charge in [0.15, 0.2) is 5.13 Å². The molecule has 0 atom stereocenters. The van der Waals surface area contributed by atoms with Gasteiger partial charge in [0.1, 0.15) is 12.0 Å². The average Bonchev–Trinajstić information content (AvgIpc) is 2.80. The molecule has 0 unspecified atom stereocenters. The molecule has 0 aliphatic rings. The lowest BCUT2D eigenvalue weighted by atomic mass is 10.1. The van der Waals surface area contributed by atoms with Gasteiger partial charge >= 0.3 is 5.00 Å². The van der Waals surface area contributed by atoms with Crippen molar-refractivity contribution in [2.45, 2.75) is 6.42 Å². The summed E-state index contributed by atoms with van der Waals surface area (Å²) in [4.78, 5) is 13.8. The van der Waals surface area contributed by atoms with Gasteiger partial charge < -0.3 is 5.32 Å². The van der Waals surface area contributed by atoms with Gasteiger partial charge in [-0.25, -0.2) is 9.37 Å². The second-order valence-electron chi connectivity index (χ2n) is 3.53. The van der Waals surface area contributed by atoms with Crippen molar-refractivity contribution in [3.05, 3.63) is 52.0 Å². The Hall–Kier alpha value is -2.02. The summed E-state index contributed by atoms with van der Waals surface area (Å²) in [5.41, 5.74) is 0.607. The quantitative estimate of drug-likeness (QED) is 0.668. The van der Waals surface area contributed by atoms with Gasteiger partial charge in [0.2, 0.25) is 0 Å². The van der Waals surface area contributed by atoms with Crippen molar-refractivity contribution in [2.24, 2.45) is 0 Å². The third-order valence-electron chi connectivity index (χ3n) is 2.30. The van der Waals surface area contributed by atoms with Crippen LogP contribution in [0.15, 0.2) is 30.5 Å². The van der Waals surface area contributed by atoms with Crippen LogP contribution in [0.25, 0.3) is 0 Å². The summed E-state index contributed by atoms with van der Waals surface area (Å²) in [6.45, 7) is 0.478. The number of aromatic nitrogens is 1. The van der Waals surface area contributed by atoms with Crippen molar-refractivity contribution in [1.82, 2.24) is 4.98 Å². The van der Waals surface area contributed by atoms with E-state index in [4.69, 9.17) is 0 Å². The molecule has 1 aromatic carbocycles. The van der Waals surface area contributed by atoms with Crippen LogP contribution in [0.4, 0.5) is 14.5 Å². The highest BCUT2D eigenvalue weighted by Gasteiger charge is 2.10. The average molecular weight is 267 g/mol. The first-order valence-electron chi connectivity index (χ1n) is 5.24. The number of hydrogen-bond donors (Lipinski definition) is 1. The fraction of sp³-hybridized carbons (Fsp3) is 0.182. The Bertz CT molecular complexity index is 559. The molecule has 0 saturated heterocycles. The van der Waals surface area contributed by atoms with Crippen molar-refractivity contribution in [3.63, 3.8) is 0 Å². The van der Waals surface area contributed by atoms with Gasteiger partial charge in [-0.1, -0.05) is 18.2 Å². The van der Waals surface area contributed by atoms with Crippen LogP contribution in [-0.4, -0.2) is 16.5 Å². The molecule has 0 amide bonds. The Balaban J connectivity index is 1.88. The van der Waals surface area contributed by atoms with Crippen molar-refractivity contribution in [2.75, 3.05) is 11.9 Å². The number of thiazole rings is 1. The minimum Gasteiger partial charge on any atom is -0.361 e. The van der Waals surface area contributed by atoms with Crippen molar-refractivity contribution >= 4 is 21.5 Å². The zero-order valence-electron chi connectivity index (χ0n) is 9.30. The molecular weight excluding hydrogens is 257 g/mol. The highest BCUT2D eigenvalue weighted by Crippen LogP contribution is 2.24. The van der Waals surface area contributed by atoms with Crippen molar-refractivity contribution < 1.29 is 9.31 Å². The van der Waals surface area contributed by atoms with Crippen LogP contribution in [0, 0.1) is 15.9 Å². The van der Waals surface area contributed by atoms with E-state index < -0.39 is 4.92 Å². The maximum atomic E-state index is 13.3. The number of anilines is 1. The summed E-state index contributed by atoms with van der Waals surface area (Å²) in [7, 11) is 0. The first kappa shape index (κ1) is 12.4. The lowest BCUT2D eigenvalue weighted by molar-refractivity contribution is -0.380. The molecule has 7 heteroatoms. The molecular formula is C11H10FN3O2S. The van der Waals surface area contributed by atoms with E-state index in [1.54, 1.807) is 18.2 Å². The fourth-order valence-corrected chi connectivity index (χ4v) is 2.09. The molecule has 1 heterocycles. The minimum absolute atomic E-state index is 0.0107. The third kappa shape index (κ3) is 3.01. The van der Waals surface area contributed by atoms with Crippen LogP contribution in [-0.2, 0) is 6.42 Å². The standard InChI is InChI=1S/C11H10FN3O2S/c12-9-4-2-1-3-8(9)5-6-13-11-14-7-10(18-11)15(16)17/h1-4,7H,5-6H2,(H,13,14). The zero-order chi connectivity index (χ0) is 13.0. The van der Waals surface area contributed by atoms with E-state index in [9.17, 15) is 14.5 Å². The maximum absolute atomic E-state index is 13.3. The molecule has 0 aliphatic heterocycles. The number of nitro groups is 1. The smallest absolute Gasteiger partial charge is 0.345 e. The number of benzene rings is 1. The normalized spacial score (nSPS) is 10.3. The zero-order valence-corrected chi connectivity index (χ0v) is 10.1. The Labute approximate surface area is 106 Å². The molecule has 1 N–H and O–H groups in total. The van der Waals surface area contributed by atoms with E-state index in [-0.39, 0.29) is 10.8 Å². The van der Waals surface area contributed by atoms with Gasteiger partial charge in [0, 0.05) is 6.54 Å². The Kier molecular flexibility index (Phi) is 3.83. The first-order valence-corrected chi connectivity index (χ1v) is 6.06. The van der Waals surface area contributed by atoms with Gasteiger partial charge in [-0.05, 0) is 29.4 Å². The minimum atomic E-state index is -0.486. The summed E-state index contributed by atoms with van der Waals surface area (Å²) in [5, 5.41) is 13.8. The van der Waals surface area contributed by atoms with E-state index in [0.29, 0.717) is 23.7 Å². The van der Waals surface area contributed by atoms with Crippen LogP contribution < -0.4 is 5.32 Å². The van der Waals surface area contributed by atoms with E-state index in [1.165, 1.54) is 12.3 Å². The number of hydrogen-bond acceptors (Lipinski definition) is 5. The summed E-state index contributed by atoms with van der Waals surface area (Å²) >= 11 is 0.965. The highest BCUT2D eigenvalue weighted by atomic mass is 32.1. The topological polar surface area (TPSA) is 68.1 Å². The Morgan fingerprint density at radius 3 is 2.89 bits per heavy atom. The third-order valence-corrected chi connectivity index (χ3v) is 3.21. The molecule has 0 bridgehead atoms. The van der Waals surface area contributed by atoms with Crippen LogP contribution >= 0.6 is 11.3 Å². The molecule has 0 aliphatic carbocycles. The Morgan fingerprint density at radius 1 is 1.44 bits per heavy atom. The van der Waals surface area contributed by atoms with Gasteiger partial charge in [0.05, 0.1) is 4.92 Å². The first-order chi connectivity index (χ1) is 8.66. The van der Waals surface area contributed by atoms with Crippen LogP contribution in [0.3, 0.4) is 0 Å². The van der Waals surface area contributed by atoms with E-state index >= 15 is 0 Å². The summed E-state index contributed by atoms with van der Waals surface area (Å²) in [5.74, 6) is -0.246. The molecule has 2 aromatic rings. The largest absolute Gasteiger partial charge is 0.361 e. The van der Waals surface area contributed by atoms with E-state index in [1.807, 2.05) is 0 Å². The predicted molar refractivity (Wildman–Crippen MR) is 67.4 cm³/mol. The Morgan fingerprint density at radius 2 is 2.22 bits per heavy atom. The molecule has 1 aromatic heterocycles. The molecule has 0 spiro atoms. The second-order valence-corrected chi connectivity index (χ2v) is 4.54. The summed E-state index contributed by atoms with van der Waals surface area (Å²) in [6.07, 6.45) is 1.70. The maximum Gasteiger partial charge on any atom is 0.345 e. The van der Waals surface area contributed by atoms with Gasteiger partial charge in [-0.3, -0.25) is 10.1 Å². The number of nitrogens with one attached hydrogen (secondary N) is 1. The molecule has 0 saturated carbocycles. The lowest BCUT2D eigenvalue weighted by Gasteiger charge is -2.03. The monoisotopic (exact) mass is 267 g/mol. The summed E-state index contributed by atoms with van der Waals surface area (Å²) in [6, 6.07) is 6.52. The molecule has 0 fully saturated rings. The molecule has 5 nitrogen and oxygen atoms in total. The van der Waals surface area contributed by atoms with Gasteiger partial charge in [0.25, 0.3) is 0 Å². The number of rotatable bonds is 5. The van der Waals surface area contributed by atoms with Gasteiger partial charge in [-0.15, -0.1) is 0 Å². The molecule has 2 rings (SSSR count). The predicted octanol–water partition coefficient (Wildman–Crippen LogP) is 2.85. The summed E-state index contributed by atoms with van der Waals surface area (Å²) < 4.78 is 13.3. The van der Waals surface area contributed by atoms with Gasteiger partial charge in [-0.2, -0.15) is 0 Å². The fourth-order valence-electron chi connectivity index (χ4n) is 1.44. The molecule has 94 valence electrons. The van der Waals surface area contributed by atoms with Crippen molar-refractivity contribution in [3.8, 4) is 0 Å². The SMILES string of the molecule is O=[N+]([O-])c1cnc(NCCc2ccccc2F)s1. The van der Waals surface area contributed by atoms with Crippen LogP contribution in [0.1, 0.15) is 5.56 Å².